The fourth-order valence-electron chi connectivity index (χ4n) is 1.71. The van der Waals surface area contributed by atoms with Crippen LogP contribution in [0, 0.1) is 11.3 Å². The third-order valence-corrected chi connectivity index (χ3v) is 2.58. The molecule has 1 heterocycles. The number of nitrogens with zero attached hydrogens (tertiary/aromatic N) is 2. The first kappa shape index (κ1) is 12.8. The number of H-pyrrole nitrogens is 1. The molecule has 1 N–H and O–H groups in total. The third kappa shape index (κ3) is 2.77. The fraction of sp³-hybridized carbons (Fsp3) is 0.231. The molecule has 96 valence electrons. The second-order valence-corrected chi connectivity index (χ2v) is 3.98. The van der Waals surface area contributed by atoms with Crippen LogP contribution in [0.4, 0.5) is 0 Å². The highest BCUT2D eigenvalue weighted by Crippen LogP contribution is 2.13. The SMILES string of the molecule is C[C@H](C#N)OC(=O)Cc1n[nH]c(=O)c2ccccc12. The maximum absolute atomic E-state index is 11.6. The molecular weight excluding hydrogens is 246 g/mol. The van der Waals surface area contributed by atoms with Crippen molar-refractivity contribution in [2.45, 2.75) is 19.4 Å². The van der Waals surface area contributed by atoms with Crippen LogP contribution in [-0.2, 0) is 16.0 Å². The largest absolute Gasteiger partial charge is 0.447 e. The van der Waals surface area contributed by atoms with Crippen LogP contribution in [0.15, 0.2) is 29.1 Å². The third-order valence-electron chi connectivity index (χ3n) is 2.58. The van der Waals surface area contributed by atoms with Crippen LogP contribution in [-0.4, -0.2) is 22.3 Å². The van der Waals surface area contributed by atoms with E-state index in [9.17, 15) is 9.59 Å². The first-order valence-electron chi connectivity index (χ1n) is 5.67. The van der Waals surface area contributed by atoms with E-state index in [1.165, 1.54) is 6.92 Å². The van der Waals surface area contributed by atoms with Gasteiger partial charge < -0.3 is 4.74 Å². The molecule has 6 nitrogen and oxygen atoms in total. The molecule has 0 fully saturated rings. The van der Waals surface area contributed by atoms with E-state index in [1.54, 1.807) is 30.3 Å². The smallest absolute Gasteiger partial charge is 0.313 e. The summed E-state index contributed by atoms with van der Waals surface area (Å²) in [5.41, 5.74) is 0.114. The maximum Gasteiger partial charge on any atom is 0.313 e. The minimum atomic E-state index is -0.804. The molecule has 0 unspecified atom stereocenters. The summed E-state index contributed by atoms with van der Waals surface area (Å²) in [4.78, 5) is 23.2. The van der Waals surface area contributed by atoms with Gasteiger partial charge in [-0.1, -0.05) is 18.2 Å². The number of ether oxygens (including phenoxy) is 1. The molecule has 1 aromatic heterocycles. The Bertz CT molecular complexity index is 715. The number of nitrogens with one attached hydrogen (secondary N) is 1. The van der Waals surface area contributed by atoms with Crippen LogP contribution in [0.2, 0.25) is 0 Å². The predicted molar refractivity (Wildman–Crippen MR) is 67.2 cm³/mol. The van der Waals surface area contributed by atoms with E-state index in [2.05, 4.69) is 10.2 Å². The van der Waals surface area contributed by atoms with Crippen molar-refractivity contribution in [1.82, 2.24) is 10.2 Å². The maximum atomic E-state index is 11.6. The van der Waals surface area contributed by atoms with Gasteiger partial charge in [0.25, 0.3) is 5.56 Å². The lowest BCUT2D eigenvalue weighted by Crippen LogP contribution is -2.18. The van der Waals surface area contributed by atoms with E-state index in [4.69, 9.17) is 10.00 Å². The Morgan fingerprint density at radius 3 is 2.84 bits per heavy atom. The molecule has 1 atom stereocenters. The van der Waals surface area contributed by atoms with E-state index in [-0.39, 0.29) is 12.0 Å². The van der Waals surface area contributed by atoms with Crippen molar-refractivity contribution in [2.24, 2.45) is 0 Å². The summed E-state index contributed by atoms with van der Waals surface area (Å²) in [6, 6.07) is 8.67. The van der Waals surface area contributed by atoms with Gasteiger partial charge in [0.15, 0.2) is 6.10 Å². The molecular formula is C13H11N3O3. The van der Waals surface area contributed by atoms with Crippen LogP contribution in [0.25, 0.3) is 10.8 Å². The zero-order valence-corrected chi connectivity index (χ0v) is 10.2. The van der Waals surface area contributed by atoms with Gasteiger partial charge in [0.2, 0.25) is 0 Å². The number of carbonyl (C=O) groups is 1. The second kappa shape index (κ2) is 5.31. The summed E-state index contributed by atoms with van der Waals surface area (Å²) in [6.45, 7) is 1.48. The fourth-order valence-corrected chi connectivity index (χ4v) is 1.71. The molecule has 0 aliphatic rings. The van der Waals surface area contributed by atoms with Gasteiger partial charge >= 0.3 is 5.97 Å². The Labute approximate surface area is 108 Å². The number of benzene rings is 1. The topological polar surface area (TPSA) is 95.8 Å². The van der Waals surface area contributed by atoms with Gasteiger partial charge in [-0.2, -0.15) is 10.4 Å². The molecule has 0 aliphatic heterocycles. The molecule has 0 bridgehead atoms. The predicted octanol–water partition coefficient (Wildman–Crippen LogP) is 0.921. The summed E-state index contributed by atoms with van der Waals surface area (Å²) in [7, 11) is 0. The van der Waals surface area contributed by atoms with Gasteiger partial charge in [-0.15, -0.1) is 0 Å². The average molecular weight is 257 g/mol. The zero-order chi connectivity index (χ0) is 13.8. The molecule has 0 radical (unpaired) electrons. The minimum absolute atomic E-state index is 0.0939. The van der Waals surface area contributed by atoms with Gasteiger partial charge in [0, 0.05) is 5.39 Å². The molecule has 0 amide bonds. The van der Waals surface area contributed by atoms with Crippen LogP contribution in [0.5, 0.6) is 0 Å². The lowest BCUT2D eigenvalue weighted by atomic mass is 10.1. The van der Waals surface area contributed by atoms with E-state index in [0.29, 0.717) is 16.5 Å². The Kier molecular flexibility index (Phi) is 3.57. The summed E-state index contributed by atoms with van der Waals surface area (Å²) >= 11 is 0. The summed E-state index contributed by atoms with van der Waals surface area (Å²) in [5.74, 6) is -0.557. The van der Waals surface area contributed by atoms with E-state index in [0.717, 1.165) is 0 Å². The van der Waals surface area contributed by atoms with Crippen molar-refractivity contribution in [3.63, 3.8) is 0 Å². The molecule has 1 aromatic carbocycles. The lowest BCUT2D eigenvalue weighted by Gasteiger charge is -2.07. The van der Waals surface area contributed by atoms with Crippen LogP contribution >= 0.6 is 0 Å². The van der Waals surface area contributed by atoms with Crippen molar-refractivity contribution in [3.05, 3.63) is 40.3 Å². The lowest BCUT2D eigenvalue weighted by molar-refractivity contribution is -0.145. The summed E-state index contributed by atoms with van der Waals surface area (Å²) in [5, 5.41) is 15.8. The number of esters is 1. The number of fused-ring (bicyclic) bond motifs is 1. The molecule has 2 rings (SSSR count). The summed E-state index contributed by atoms with van der Waals surface area (Å²) in [6.07, 6.45) is -0.898. The molecule has 0 aliphatic carbocycles. The minimum Gasteiger partial charge on any atom is -0.447 e. The number of aromatic nitrogens is 2. The Morgan fingerprint density at radius 2 is 2.16 bits per heavy atom. The van der Waals surface area contributed by atoms with Crippen molar-refractivity contribution >= 4 is 16.7 Å². The second-order valence-electron chi connectivity index (χ2n) is 3.98. The van der Waals surface area contributed by atoms with E-state index < -0.39 is 12.1 Å². The first-order valence-corrected chi connectivity index (χ1v) is 5.67. The zero-order valence-electron chi connectivity index (χ0n) is 10.2. The molecule has 2 aromatic rings. The number of rotatable bonds is 3. The van der Waals surface area contributed by atoms with Crippen molar-refractivity contribution < 1.29 is 9.53 Å². The van der Waals surface area contributed by atoms with Crippen LogP contribution in [0.3, 0.4) is 0 Å². The van der Waals surface area contributed by atoms with Crippen LogP contribution < -0.4 is 5.56 Å². The Hall–Kier alpha value is -2.68. The number of carbonyl (C=O) groups excluding carboxylic acids is 1. The quantitative estimate of drug-likeness (QED) is 0.825. The van der Waals surface area contributed by atoms with Gasteiger partial charge in [0.1, 0.15) is 6.07 Å². The highest BCUT2D eigenvalue weighted by Gasteiger charge is 2.13. The number of hydrogen-bond acceptors (Lipinski definition) is 5. The highest BCUT2D eigenvalue weighted by molar-refractivity contribution is 5.86. The highest BCUT2D eigenvalue weighted by atomic mass is 16.5. The van der Waals surface area contributed by atoms with E-state index >= 15 is 0 Å². The molecule has 19 heavy (non-hydrogen) atoms. The van der Waals surface area contributed by atoms with Crippen molar-refractivity contribution in [3.8, 4) is 6.07 Å². The molecule has 0 saturated carbocycles. The Morgan fingerprint density at radius 1 is 1.47 bits per heavy atom. The van der Waals surface area contributed by atoms with Gasteiger partial charge in [-0.25, -0.2) is 5.10 Å². The molecule has 0 spiro atoms. The van der Waals surface area contributed by atoms with Crippen molar-refractivity contribution in [1.29, 1.82) is 5.26 Å². The normalized spacial score (nSPS) is 11.8. The van der Waals surface area contributed by atoms with Gasteiger partial charge in [-0.05, 0) is 13.0 Å². The monoisotopic (exact) mass is 257 g/mol. The first-order chi connectivity index (χ1) is 9.11. The standard InChI is InChI=1S/C13H11N3O3/c1-8(7-14)19-12(17)6-11-9-4-2-3-5-10(9)13(18)16-15-11/h2-5,8H,6H2,1H3,(H,16,18)/t8-/m1/s1. The summed E-state index contributed by atoms with van der Waals surface area (Å²) < 4.78 is 4.85. The number of hydrogen-bond donors (Lipinski definition) is 1. The van der Waals surface area contributed by atoms with Crippen LogP contribution in [0.1, 0.15) is 12.6 Å². The van der Waals surface area contributed by atoms with E-state index in [1.807, 2.05) is 0 Å². The van der Waals surface area contributed by atoms with Crippen molar-refractivity contribution in [2.75, 3.05) is 0 Å². The van der Waals surface area contributed by atoms with Gasteiger partial charge in [0.05, 0.1) is 17.5 Å². The number of nitriles is 1. The molecule has 6 heteroatoms. The average Bonchev–Trinajstić information content (AvgIpc) is 2.42. The number of aromatic amines is 1. The van der Waals surface area contributed by atoms with Gasteiger partial charge in [-0.3, -0.25) is 9.59 Å². The Balaban J connectivity index is 2.32. The molecule has 0 saturated heterocycles.